The van der Waals surface area contributed by atoms with Crippen LogP contribution in [0.1, 0.15) is 26.7 Å². The molecular formula is C24H31NO9. The molecule has 2 N–H and O–H groups in total. The average Bonchev–Trinajstić information content (AvgIpc) is 2.83. The zero-order valence-electron chi connectivity index (χ0n) is 19.4. The van der Waals surface area contributed by atoms with Gasteiger partial charge in [0.05, 0.1) is 18.4 Å². The van der Waals surface area contributed by atoms with E-state index in [-0.39, 0.29) is 0 Å². The highest BCUT2D eigenvalue weighted by molar-refractivity contribution is 5.84. The van der Waals surface area contributed by atoms with Crippen molar-refractivity contribution in [3.05, 3.63) is 42.5 Å². The van der Waals surface area contributed by atoms with Crippen molar-refractivity contribution >= 4 is 23.7 Å². The van der Waals surface area contributed by atoms with Crippen molar-refractivity contribution in [3.8, 4) is 0 Å². The van der Waals surface area contributed by atoms with Crippen LogP contribution in [0.4, 0.5) is 10.5 Å². The van der Waals surface area contributed by atoms with Gasteiger partial charge in [0.15, 0.2) is 24.6 Å². The maximum Gasteiger partial charge on any atom is 0.412 e. The zero-order valence-corrected chi connectivity index (χ0v) is 19.4. The summed E-state index contributed by atoms with van der Waals surface area (Å²) in [4.78, 5) is 38.2. The van der Waals surface area contributed by atoms with Crippen LogP contribution in [-0.2, 0) is 33.3 Å². The number of fused-ring (bicyclic) bond motifs is 1. The fourth-order valence-corrected chi connectivity index (χ4v) is 3.70. The van der Waals surface area contributed by atoms with E-state index in [2.05, 4.69) is 5.32 Å². The van der Waals surface area contributed by atoms with E-state index < -0.39 is 67.2 Å². The Hall–Kier alpha value is -2.95. The predicted octanol–water partition coefficient (Wildman–Crippen LogP) is 2.41. The molecule has 1 saturated heterocycles. The Balaban J connectivity index is 1.92. The number of anilines is 1. The summed E-state index contributed by atoms with van der Waals surface area (Å²) in [6.07, 6.45) is -2.41. The smallest absolute Gasteiger partial charge is 0.412 e. The molecule has 2 aliphatic heterocycles. The van der Waals surface area contributed by atoms with Gasteiger partial charge in [-0.15, -0.1) is 0 Å². The number of methoxy groups -OCH3 is 1. The van der Waals surface area contributed by atoms with Crippen LogP contribution in [0.15, 0.2) is 42.5 Å². The molecule has 0 bridgehead atoms. The van der Waals surface area contributed by atoms with Gasteiger partial charge in [0, 0.05) is 12.8 Å². The molecule has 7 atom stereocenters. The largest absolute Gasteiger partial charge is 0.454 e. The highest BCUT2D eigenvalue weighted by atomic mass is 16.7. The number of carbonyl (C=O) groups excluding carboxylic acids is 3. The number of aliphatic hydroxyl groups is 1. The summed E-state index contributed by atoms with van der Waals surface area (Å²) in [5.41, 5.74) is 0.479. The van der Waals surface area contributed by atoms with E-state index >= 15 is 0 Å². The van der Waals surface area contributed by atoms with Crippen LogP contribution in [0.25, 0.3) is 0 Å². The van der Waals surface area contributed by atoms with Crippen molar-refractivity contribution < 1.29 is 43.2 Å². The highest BCUT2D eigenvalue weighted by Crippen LogP contribution is 2.31. The molecule has 0 aromatic heterocycles. The summed E-state index contributed by atoms with van der Waals surface area (Å²) < 4.78 is 28.0. The molecule has 2 aliphatic rings. The highest BCUT2D eigenvalue weighted by Gasteiger charge is 2.53. The average molecular weight is 478 g/mol. The lowest BCUT2D eigenvalue weighted by Gasteiger charge is -2.44. The molecule has 0 saturated carbocycles. The molecule has 2 heterocycles. The minimum atomic E-state index is -1.28. The summed E-state index contributed by atoms with van der Waals surface area (Å²) >= 11 is 0. The van der Waals surface area contributed by atoms with E-state index in [4.69, 9.17) is 23.7 Å². The summed E-state index contributed by atoms with van der Waals surface area (Å²) in [7, 11) is 1.33. The number of para-hydroxylation sites is 1. The predicted molar refractivity (Wildman–Crippen MR) is 120 cm³/mol. The van der Waals surface area contributed by atoms with E-state index in [1.54, 1.807) is 44.2 Å². The Morgan fingerprint density at radius 3 is 2.18 bits per heavy atom. The molecule has 186 valence electrons. The molecular weight excluding hydrogens is 446 g/mol. The van der Waals surface area contributed by atoms with Gasteiger partial charge in [-0.2, -0.15) is 0 Å². The second-order valence-corrected chi connectivity index (χ2v) is 8.37. The fourth-order valence-electron chi connectivity index (χ4n) is 3.70. The number of allylic oxidation sites excluding steroid dienone is 2. The van der Waals surface area contributed by atoms with Gasteiger partial charge < -0.3 is 28.8 Å². The van der Waals surface area contributed by atoms with Crippen LogP contribution < -0.4 is 5.32 Å². The van der Waals surface area contributed by atoms with Gasteiger partial charge in [0.2, 0.25) is 0 Å². The number of esters is 2. The van der Waals surface area contributed by atoms with Crippen molar-refractivity contribution in [2.45, 2.75) is 57.4 Å². The number of aliphatic hydroxyl groups excluding tert-OH is 1. The lowest BCUT2D eigenvalue weighted by Crippen LogP contribution is -2.63. The Bertz CT molecular complexity index is 874. The molecule has 0 unspecified atom stereocenters. The summed E-state index contributed by atoms with van der Waals surface area (Å²) in [6.45, 7) is 2.86. The molecule has 10 nitrogen and oxygen atoms in total. The first-order valence-corrected chi connectivity index (χ1v) is 11.2. The van der Waals surface area contributed by atoms with Crippen molar-refractivity contribution in [1.29, 1.82) is 0 Å². The number of hydrogen-bond donors (Lipinski definition) is 2. The molecule has 1 aromatic rings. The Kier molecular flexibility index (Phi) is 9.03. The topological polar surface area (TPSA) is 130 Å². The van der Waals surface area contributed by atoms with E-state index in [9.17, 15) is 19.5 Å². The van der Waals surface area contributed by atoms with Crippen molar-refractivity contribution in [3.63, 3.8) is 0 Å². The van der Waals surface area contributed by atoms with E-state index in [1.807, 2.05) is 12.2 Å². The minimum absolute atomic E-state index is 0.408. The standard InChI is InChI=1S/C24H31NO9/c1-14-9-7-8-10-15(2)22(28)33-20-19(32-21(14)27)18(17(13-26)31-23(20)30-3)34-24(29)25-16-11-5-4-6-12-16/h4-8,11-12,14-15,17-20,23,26H,9-10,13H2,1-3H3,(H,25,29)/t14-,15-,17-,18-,19+,20-,23+/m1/s1. The normalized spacial score (nSPS) is 32.3. The van der Waals surface area contributed by atoms with Crippen molar-refractivity contribution in [2.24, 2.45) is 11.8 Å². The van der Waals surface area contributed by atoms with Gasteiger partial charge in [-0.3, -0.25) is 14.9 Å². The van der Waals surface area contributed by atoms with Gasteiger partial charge in [0.1, 0.15) is 6.10 Å². The summed E-state index contributed by atoms with van der Waals surface area (Å²) in [6, 6.07) is 8.60. The number of nitrogens with one attached hydrogen (secondary N) is 1. The first kappa shape index (κ1) is 25.7. The van der Waals surface area contributed by atoms with Crippen LogP contribution in [0.3, 0.4) is 0 Å². The quantitative estimate of drug-likeness (QED) is 0.381. The molecule has 1 amide bonds. The lowest BCUT2D eigenvalue weighted by molar-refractivity contribution is -0.300. The third kappa shape index (κ3) is 6.34. The molecule has 3 rings (SSSR count). The maximum absolute atomic E-state index is 12.8. The van der Waals surface area contributed by atoms with Crippen molar-refractivity contribution in [1.82, 2.24) is 0 Å². The van der Waals surface area contributed by atoms with Gasteiger partial charge in [-0.05, 0) is 25.0 Å². The van der Waals surface area contributed by atoms with E-state index in [0.717, 1.165) is 0 Å². The van der Waals surface area contributed by atoms with Gasteiger partial charge in [0.25, 0.3) is 0 Å². The molecule has 0 aliphatic carbocycles. The minimum Gasteiger partial charge on any atom is -0.454 e. The first-order valence-electron chi connectivity index (χ1n) is 11.2. The Morgan fingerprint density at radius 2 is 1.62 bits per heavy atom. The molecule has 10 heteroatoms. The van der Waals surface area contributed by atoms with Crippen LogP contribution in [-0.4, -0.2) is 67.6 Å². The first-order chi connectivity index (χ1) is 16.3. The molecule has 1 aromatic carbocycles. The second kappa shape index (κ2) is 12.0. The molecule has 1 fully saturated rings. The lowest BCUT2D eigenvalue weighted by atomic mass is 9.97. The van der Waals surface area contributed by atoms with E-state index in [1.165, 1.54) is 7.11 Å². The monoisotopic (exact) mass is 477 g/mol. The molecule has 0 radical (unpaired) electrons. The number of rotatable bonds is 4. The number of amides is 1. The third-order valence-electron chi connectivity index (χ3n) is 5.72. The SMILES string of the molecule is CO[C@H]1O[C@H](CO)[C@@H](OC(=O)Nc2ccccc2)[C@@H]2OC(=O)[C@H](C)CC=CC[C@@H](C)C(=O)O[C@@H]12. The van der Waals surface area contributed by atoms with Gasteiger partial charge in [-0.25, -0.2) is 4.79 Å². The van der Waals surface area contributed by atoms with Crippen LogP contribution in [0.2, 0.25) is 0 Å². The Labute approximate surface area is 198 Å². The van der Waals surface area contributed by atoms with Crippen molar-refractivity contribution in [2.75, 3.05) is 19.0 Å². The van der Waals surface area contributed by atoms with Crippen LogP contribution >= 0.6 is 0 Å². The number of carbonyl (C=O) groups is 3. The number of benzene rings is 1. The Morgan fingerprint density at radius 1 is 1.03 bits per heavy atom. The van der Waals surface area contributed by atoms with Crippen LogP contribution in [0.5, 0.6) is 0 Å². The van der Waals surface area contributed by atoms with Crippen LogP contribution in [0, 0.1) is 11.8 Å². The summed E-state index contributed by atoms with van der Waals surface area (Å²) in [5.74, 6) is -2.10. The fraction of sp³-hybridized carbons (Fsp3) is 0.542. The summed E-state index contributed by atoms with van der Waals surface area (Å²) in [5, 5.41) is 12.5. The van der Waals surface area contributed by atoms with Gasteiger partial charge >= 0.3 is 18.0 Å². The zero-order chi connectivity index (χ0) is 24.7. The maximum atomic E-state index is 12.8. The number of hydrogen-bond acceptors (Lipinski definition) is 9. The third-order valence-corrected chi connectivity index (χ3v) is 5.72. The molecule has 34 heavy (non-hydrogen) atoms. The van der Waals surface area contributed by atoms with E-state index in [0.29, 0.717) is 18.5 Å². The number of ether oxygens (including phenoxy) is 5. The second-order valence-electron chi connectivity index (χ2n) is 8.37. The molecule has 0 spiro atoms. The van der Waals surface area contributed by atoms with Gasteiger partial charge in [-0.1, -0.05) is 44.2 Å².